The van der Waals surface area contributed by atoms with Crippen molar-refractivity contribution in [2.45, 2.75) is 12.8 Å². The van der Waals surface area contributed by atoms with E-state index < -0.39 is 5.97 Å². The van der Waals surface area contributed by atoms with Gasteiger partial charge in [-0.1, -0.05) is 11.6 Å². The Morgan fingerprint density at radius 3 is 2.94 bits per heavy atom. The first-order valence-corrected chi connectivity index (χ1v) is 5.41. The van der Waals surface area contributed by atoms with E-state index in [1.165, 1.54) is 0 Å². The van der Waals surface area contributed by atoms with Crippen molar-refractivity contribution in [3.8, 4) is 0 Å². The number of benzene rings is 1. The van der Waals surface area contributed by atoms with Gasteiger partial charge >= 0.3 is 5.97 Å². The van der Waals surface area contributed by atoms with Crippen molar-refractivity contribution in [3.05, 3.63) is 35.0 Å². The lowest BCUT2D eigenvalue weighted by atomic mass is 10.1. The predicted molar refractivity (Wildman–Crippen MR) is 63.9 cm³/mol. The number of hydrogen-bond donors (Lipinski definition) is 1. The second-order valence-corrected chi connectivity index (χ2v) is 4.23. The second kappa shape index (κ2) is 4.18. The van der Waals surface area contributed by atoms with Gasteiger partial charge in [0.2, 0.25) is 0 Å². The Kier molecular flexibility index (Phi) is 2.88. The first-order chi connectivity index (χ1) is 7.58. The van der Waals surface area contributed by atoms with Gasteiger partial charge in [0.1, 0.15) is 0 Å². The molecule has 16 heavy (non-hydrogen) atoms. The highest BCUT2D eigenvalue weighted by Gasteiger charge is 2.07. The third kappa shape index (κ3) is 2.04. The summed E-state index contributed by atoms with van der Waals surface area (Å²) in [4.78, 5) is 10.5. The van der Waals surface area contributed by atoms with Crippen molar-refractivity contribution in [3.63, 3.8) is 0 Å². The van der Waals surface area contributed by atoms with E-state index >= 15 is 0 Å². The predicted octanol–water partition coefficient (Wildman–Crippen LogP) is 2.85. The van der Waals surface area contributed by atoms with Crippen LogP contribution in [0.4, 0.5) is 0 Å². The maximum absolute atomic E-state index is 10.5. The minimum atomic E-state index is -0.803. The normalized spacial score (nSPS) is 10.9. The summed E-state index contributed by atoms with van der Waals surface area (Å²) < 4.78 is 2.00. The van der Waals surface area contributed by atoms with Gasteiger partial charge < -0.3 is 9.67 Å². The maximum Gasteiger partial charge on any atom is 0.303 e. The Hall–Kier alpha value is -1.48. The molecule has 0 saturated carbocycles. The van der Waals surface area contributed by atoms with E-state index in [0.717, 1.165) is 16.5 Å². The molecule has 4 heteroatoms. The summed E-state index contributed by atoms with van der Waals surface area (Å²) in [5.74, 6) is -0.803. The van der Waals surface area contributed by atoms with Crippen LogP contribution in [0.3, 0.4) is 0 Å². The molecular weight excluding hydrogens is 226 g/mol. The Morgan fingerprint density at radius 2 is 2.25 bits per heavy atom. The number of fused-ring (bicyclic) bond motifs is 1. The molecular formula is C12H12ClNO2. The lowest BCUT2D eigenvalue weighted by Crippen LogP contribution is -1.98. The number of aliphatic carboxylic acids is 1. The van der Waals surface area contributed by atoms with Crippen LogP contribution >= 0.6 is 11.6 Å². The highest BCUT2D eigenvalue weighted by Crippen LogP contribution is 2.25. The molecule has 0 saturated heterocycles. The number of rotatable bonds is 3. The molecule has 1 heterocycles. The van der Waals surface area contributed by atoms with Crippen molar-refractivity contribution in [2.24, 2.45) is 7.05 Å². The van der Waals surface area contributed by atoms with E-state index in [1.54, 1.807) is 0 Å². The zero-order valence-electron chi connectivity index (χ0n) is 8.90. The van der Waals surface area contributed by atoms with Crippen molar-refractivity contribution in [2.75, 3.05) is 0 Å². The molecule has 0 spiro atoms. The van der Waals surface area contributed by atoms with Crippen molar-refractivity contribution >= 4 is 28.5 Å². The molecule has 1 aromatic carbocycles. The number of carbonyl (C=O) groups is 1. The zero-order chi connectivity index (χ0) is 11.7. The van der Waals surface area contributed by atoms with Gasteiger partial charge in [-0.25, -0.2) is 0 Å². The van der Waals surface area contributed by atoms with Crippen LogP contribution in [0.2, 0.25) is 5.02 Å². The number of aromatic nitrogens is 1. The standard InChI is InChI=1S/C12H12ClNO2/c1-14-5-4-9-6-10(13)8(7-11(9)14)2-3-12(15)16/h4-7H,2-3H2,1H3,(H,15,16). The third-order valence-electron chi connectivity index (χ3n) is 2.66. The molecule has 0 unspecified atom stereocenters. The quantitative estimate of drug-likeness (QED) is 0.892. The molecule has 0 aliphatic heterocycles. The molecule has 2 aromatic rings. The van der Waals surface area contributed by atoms with E-state index in [-0.39, 0.29) is 6.42 Å². The SMILES string of the molecule is Cn1ccc2cc(Cl)c(CCC(=O)O)cc21. The molecule has 84 valence electrons. The molecule has 3 nitrogen and oxygen atoms in total. The van der Waals surface area contributed by atoms with Gasteiger partial charge in [0, 0.05) is 35.6 Å². The fourth-order valence-electron chi connectivity index (χ4n) is 1.77. The van der Waals surface area contributed by atoms with Crippen LogP contribution < -0.4 is 0 Å². The van der Waals surface area contributed by atoms with Crippen LogP contribution in [0.1, 0.15) is 12.0 Å². The number of nitrogens with zero attached hydrogens (tertiary/aromatic N) is 1. The second-order valence-electron chi connectivity index (χ2n) is 3.82. The van der Waals surface area contributed by atoms with Crippen LogP contribution in [0, 0.1) is 0 Å². The molecule has 0 radical (unpaired) electrons. The Balaban J connectivity index is 2.40. The lowest BCUT2D eigenvalue weighted by Gasteiger charge is -2.04. The molecule has 0 amide bonds. The van der Waals surface area contributed by atoms with Gasteiger partial charge in [-0.2, -0.15) is 0 Å². The highest BCUT2D eigenvalue weighted by atomic mass is 35.5. The largest absolute Gasteiger partial charge is 0.481 e. The van der Waals surface area contributed by atoms with Crippen molar-refractivity contribution < 1.29 is 9.90 Å². The molecule has 1 aromatic heterocycles. The number of aryl methyl sites for hydroxylation is 2. The van der Waals surface area contributed by atoms with Crippen LogP contribution in [0.15, 0.2) is 24.4 Å². The maximum atomic E-state index is 10.5. The zero-order valence-corrected chi connectivity index (χ0v) is 9.66. The van der Waals surface area contributed by atoms with Crippen LogP contribution in [-0.2, 0) is 18.3 Å². The number of carboxylic acids is 1. The topological polar surface area (TPSA) is 42.2 Å². The van der Waals surface area contributed by atoms with E-state index in [1.807, 2.05) is 36.0 Å². The van der Waals surface area contributed by atoms with Crippen molar-refractivity contribution in [1.29, 1.82) is 0 Å². The number of hydrogen-bond acceptors (Lipinski definition) is 1. The van der Waals surface area contributed by atoms with Crippen LogP contribution in [0.5, 0.6) is 0 Å². The molecule has 2 rings (SSSR count). The lowest BCUT2D eigenvalue weighted by molar-refractivity contribution is -0.136. The summed E-state index contributed by atoms with van der Waals surface area (Å²) >= 11 is 6.09. The summed E-state index contributed by atoms with van der Waals surface area (Å²) in [6.07, 6.45) is 2.53. The monoisotopic (exact) mass is 237 g/mol. The van der Waals surface area contributed by atoms with E-state index in [0.29, 0.717) is 11.4 Å². The molecule has 0 atom stereocenters. The fraction of sp³-hybridized carbons (Fsp3) is 0.250. The minimum absolute atomic E-state index is 0.107. The van der Waals surface area contributed by atoms with E-state index in [4.69, 9.17) is 16.7 Å². The van der Waals surface area contributed by atoms with Gasteiger partial charge in [0.05, 0.1) is 0 Å². The van der Waals surface area contributed by atoms with Crippen LogP contribution in [-0.4, -0.2) is 15.6 Å². The first-order valence-electron chi connectivity index (χ1n) is 5.03. The number of carboxylic acid groups (broad SMARTS) is 1. The average Bonchev–Trinajstić information content (AvgIpc) is 2.56. The van der Waals surface area contributed by atoms with Gasteiger partial charge in [-0.3, -0.25) is 4.79 Å². The molecule has 0 aliphatic rings. The first kappa shape index (κ1) is 11.0. The molecule has 1 N–H and O–H groups in total. The molecule has 0 fully saturated rings. The Labute approximate surface area is 98.3 Å². The minimum Gasteiger partial charge on any atom is -0.481 e. The summed E-state index contributed by atoms with van der Waals surface area (Å²) in [7, 11) is 1.96. The Bertz CT molecular complexity index is 545. The molecule has 0 aliphatic carbocycles. The van der Waals surface area contributed by atoms with E-state index in [2.05, 4.69) is 0 Å². The van der Waals surface area contributed by atoms with Crippen molar-refractivity contribution in [1.82, 2.24) is 4.57 Å². The summed E-state index contributed by atoms with van der Waals surface area (Å²) in [6, 6.07) is 5.83. The summed E-state index contributed by atoms with van der Waals surface area (Å²) in [5.41, 5.74) is 1.96. The van der Waals surface area contributed by atoms with Gasteiger partial charge in [0.15, 0.2) is 0 Å². The van der Waals surface area contributed by atoms with Gasteiger partial charge in [-0.15, -0.1) is 0 Å². The average molecular weight is 238 g/mol. The van der Waals surface area contributed by atoms with Gasteiger partial charge in [-0.05, 0) is 30.2 Å². The summed E-state index contributed by atoms with van der Waals surface area (Å²) in [6.45, 7) is 0. The fourth-order valence-corrected chi connectivity index (χ4v) is 2.03. The summed E-state index contributed by atoms with van der Waals surface area (Å²) in [5, 5.41) is 10.4. The van der Waals surface area contributed by atoms with Gasteiger partial charge in [0.25, 0.3) is 0 Å². The molecule has 0 bridgehead atoms. The Morgan fingerprint density at radius 1 is 1.50 bits per heavy atom. The smallest absolute Gasteiger partial charge is 0.303 e. The van der Waals surface area contributed by atoms with Crippen LogP contribution in [0.25, 0.3) is 10.9 Å². The highest BCUT2D eigenvalue weighted by molar-refractivity contribution is 6.32. The van der Waals surface area contributed by atoms with E-state index in [9.17, 15) is 4.79 Å². The number of halogens is 1. The third-order valence-corrected chi connectivity index (χ3v) is 3.01.